The molecule has 6 rings (SSSR count). The second-order valence-electron chi connectivity index (χ2n) is 17.5. The molecule has 3 aromatic rings. The molecule has 1 N–H and O–H groups in total. The monoisotopic (exact) mass is 864 g/mol. The SMILES string of the molecule is COC(=O)C1(N(C(=O)C(F)(F)F)c2cccc(Cl)c2)CCC2(CC1)c1cc(OP(=O)(O)OCC[N+](C)(C)C)ccc1C[C@@H]2C[C@@H](C)COc1ccnc2c1[C@H](C)CCC2. The van der Waals surface area contributed by atoms with E-state index in [1.807, 2.05) is 33.3 Å². The summed E-state index contributed by atoms with van der Waals surface area (Å²) in [5, 5.41) is 0.0904. The largest absolute Gasteiger partial charge is 0.527 e. The van der Waals surface area contributed by atoms with E-state index < -0.39 is 36.8 Å². The molecule has 1 heterocycles. The smallest absolute Gasteiger partial charge is 0.493 e. The Morgan fingerprint density at radius 2 is 1.83 bits per heavy atom. The number of esters is 1. The molecule has 2 aromatic carbocycles. The molecule has 0 saturated heterocycles. The van der Waals surface area contributed by atoms with E-state index in [1.54, 1.807) is 18.3 Å². The average molecular weight is 865 g/mol. The van der Waals surface area contributed by atoms with Gasteiger partial charge in [-0.3, -0.25) is 24.1 Å². The van der Waals surface area contributed by atoms with Crippen molar-refractivity contribution in [2.24, 2.45) is 11.8 Å². The van der Waals surface area contributed by atoms with Gasteiger partial charge in [0.15, 0.2) is 0 Å². The van der Waals surface area contributed by atoms with Crippen molar-refractivity contribution in [1.29, 1.82) is 0 Å². The van der Waals surface area contributed by atoms with E-state index in [4.69, 9.17) is 30.1 Å². The fourth-order valence-electron chi connectivity index (χ4n) is 9.48. The molecule has 16 heteroatoms. The second kappa shape index (κ2) is 17.4. The predicted molar refractivity (Wildman–Crippen MR) is 218 cm³/mol. The minimum atomic E-state index is -5.32. The lowest BCUT2D eigenvalue weighted by molar-refractivity contribution is -0.870. The lowest BCUT2D eigenvalue weighted by Gasteiger charge is -2.51. The van der Waals surface area contributed by atoms with Crippen molar-refractivity contribution < 1.29 is 55.2 Å². The lowest BCUT2D eigenvalue weighted by atomic mass is 9.59. The summed E-state index contributed by atoms with van der Waals surface area (Å²) in [5.74, 6) is -1.97. The van der Waals surface area contributed by atoms with Crippen LogP contribution in [-0.2, 0) is 41.7 Å². The second-order valence-corrected chi connectivity index (χ2v) is 19.4. The van der Waals surface area contributed by atoms with Gasteiger partial charge in [0, 0.05) is 28.2 Å². The van der Waals surface area contributed by atoms with Crippen molar-refractivity contribution in [3.63, 3.8) is 0 Å². The molecular weight excluding hydrogens is 810 g/mol. The number of anilines is 1. The first kappa shape index (κ1) is 44.9. The van der Waals surface area contributed by atoms with Crippen molar-refractivity contribution in [2.75, 3.05) is 52.9 Å². The maximum atomic E-state index is 14.4. The summed E-state index contributed by atoms with van der Waals surface area (Å²) in [6.45, 7) is 5.13. The molecule has 1 fully saturated rings. The number of quaternary nitrogens is 1. The molecule has 3 aliphatic rings. The topological polar surface area (TPSA) is 124 Å². The standard InChI is InChI=1S/C43H54ClF3N3O8P/c1-28(27-56-37-15-20-48-36-12-7-9-29(2)38(36)37)23-31-24-30-13-14-34(58-59(53,54)57-22-21-50(3,4)5)26-35(30)41(31)16-18-42(19-17-41,40(52)55-6)49(39(51)43(45,46)47)33-11-8-10-32(44)25-33/h8,10-11,13-15,20,25-26,28-29,31H,7,9,12,16-19,21-24,27H2,1-6H3/p+1/t28-,29-,31+,41?,42?/m1/s1. The van der Waals surface area contributed by atoms with Crippen molar-refractivity contribution in [3.05, 3.63) is 82.1 Å². The highest BCUT2D eigenvalue weighted by Gasteiger charge is 2.60. The number of methoxy groups -OCH3 is 1. The fourth-order valence-corrected chi connectivity index (χ4v) is 10.4. The minimum Gasteiger partial charge on any atom is -0.493 e. The van der Waals surface area contributed by atoms with Crippen LogP contribution in [-0.4, -0.2) is 86.0 Å². The van der Waals surface area contributed by atoms with Crippen molar-refractivity contribution in [3.8, 4) is 11.5 Å². The number of pyridine rings is 1. The third kappa shape index (κ3) is 9.78. The van der Waals surface area contributed by atoms with Gasteiger partial charge in [-0.1, -0.05) is 37.6 Å². The summed E-state index contributed by atoms with van der Waals surface area (Å²) in [4.78, 5) is 43.1. The molecule has 0 radical (unpaired) electrons. The van der Waals surface area contributed by atoms with Crippen LogP contribution in [0, 0.1) is 11.8 Å². The van der Waals surface area contributed by atoms with Gasteiger partial charge in [-0.15, -0.1) is 0 Å². The number of phosphoric ester groups is 1. The molecule has 1 amide bonds. The number of carbonyl (C=O) groups excluding carboxylic acids is 2. The van der Waals surface area contributed by atoms with E-state index in [9.17, 15) is 32.2 Å². The number of likely N-dealkylation sites (N-methyl/N-ethyl adjacent to an activating group) is 1. The fraction of sp³-hybridized carbons (Fsp3) is 0.558. The van der Waals surface area contributed by atoms with E-state index in [1.165, 1.54) is 24.3 Å². The zero-order valence-electron chi connectivity index (χ0n) is 34.5. The van der Waals surface area contributed by atoms with E-state index in [-0.39, 0.29) is 60.6 Å². The van der Waals surface area contributed by atoms with E-state index in [0.717, 1.165) is 54.5 Å². The summed E-state index contributed by atoms with van der Waals surface area (Å²) >= 11 is 6.23. The van der Waals surface area contributed by atoms with Crippen LogP contribution in [0.4, 0.5) is 18.9 Å². The zero-order valence-corrected chi connectivity index (χ0v) is 36.2. The van der Waals surface area contributed by atoms with Gasteiger partial charge in [0.1, 0.15) is 30.2 Å². The van der Waals surface area contributed by atoms with Crippen LogP contribution < -0.4 is 14.2 Å². The predicted octanol–water partition coefficient (Wildman–Crippen LogP) is 8.97. The Kier molecular flexibility index (Phi) is 13.2. The number of hydrogen-bond donors (Lipinski definition) is 1. The van der Waals surface area contributed by atoms with Crippen LogP contribution >= 0.6 is 19.4 Å². The number of hydrogen-bond acceptors (Lipinski definition) is 8. The number of fused-ring (bicyclic) bond motifs is 3. The number of rotatable bonds is 14. The highest BCUT2D eigenvalue weighted by Crippen LogP contribution is 2.58. The van der Waals surface area contributed by atoms with Gasteiger partial charge in [0.2, 0.25) is 0 Å². The Morgan fingerprint density at radius 3 is 2.49 bits per heavy atom. The Labute approximate surface area is 349 Å². The molecule has 1 spiro atoms. The van der Waals surface area contributed by atoms with Gasteiger partial charge in [-0.2, -0.15) is 13.2 Å². The molecule has 322 valence electrons. The first-order valence-corrected chi connectivity index (χ1v) is 22.0. The number of aromatic nitrogens is 1. The third-order valence-electron chi connectivity index (χ3n) is 12.4. The molecule has 0 bridgehead atoms. The zero-order chi connectivity index (χ0) is 43.0. The van der Waals surface area contributed by atoms with Crippen LogP contribution in [0.25, 0.3) is 0 Å². The van der Waals surface area contributed by atoms with Crippen molar-refractivity contribution in [1.82, 2.24) is 4.98 Å². The number of amides is 1. The molecular formula is C43H55ClF3N3O8P+. The highest BCUT2D eigenvalue weighted by atomic mass is 35.5. The molecule has 1 aromatic heterocycles. The maximum absolute atomic E-state index is 14.4. The Bertz CT molecular complexity index is 2070. The number of ether oxygens (including phenoxy) is 2. The molecule has 11 nitrogen and oxygen atoms in total. The van der Waals surface area contributed by atoms with Crippen LogP contribution in [0.15, 0.2) is 54.7 Å². The van der Waals surface area contributed by atoms with E-state index in [2.05, 4.69) is 18.8 Å². The van der Waals surface area contributed by atoms with Gasteiger partial charge >= 0.3 is 25.9 Å². The third-order valence-corrected chi connectivity index (χ3v) is 13.5. The van der Waals surface area contributed by atoms with Gasteiger partial charge < -0.3 is 18.5 Å². The minimum absolute atomic E-state index is 0.0230. The molecule has 0 aliphatic heterocycles. The Morgan fingerprint density at radius 1 is 1.10 bits per heavy atom. The summed E-state index contributed by atoms with van der Waals surface area (Å²) in [5.41, 5.74) is 1.05. The van der Waals surface area contributed by atoms with Crippen LogP contribution in [0.5, 0.6) is 11.5 Å². The quantitative estimate of drug-likeness (QED) is 0.0961. The van der Waals surface area contributed by atoms with E-state index >= 15 is 0 Å². The van der Waals surface area contributed by atoms with Crippen LogP contribution in [0.2, 0.25) is 5.02 Å². The highest BCUT2D eigenvalue weighted by molar-refractivity contribution is 7.47. The number of alkyl halides is 3. The molecule has 1 unspecified atom stereocenters. The van der Waals surface area contributed by atoms with Gasteiger partial charge in [0.25, 0.3) is 0 Å². The number of carbonyl (C=O) groups is 2. The summed E-state index contributed by atoms with van der Waals surface area (Å²) in [7, 11) is 2.33. The van der Waals surface area contributed by atoms with Gasteiger partial charge in [-0.25, -0.2) is 9.36 Å². The molecule has 3 aliphatic carbocycles. The first-order valence-electron chi connectivity index (χ1n) is 20.1. The van der Waals surface area contributed by atoms with Crippen molar-refractivity contribution in [2.45, 2.75) is 94.7 Å². The molecule has 4 atom stereocenters. The van der Waals surface area contributed by atoms with Crippen LogP contribution in [0.1, 0.15) is 87.1 Å². The summed E-state index contributed by atoms with van der Waals surface area (Å²) in [6.07, 6.45) is 0.794. The number of halogens is 4. The number of benzene rings is 2. The summed E-state index contributed by atoms with van der Waals surface area (Å²) in [6, 6.07) is 12.5. The molecule has 59 heavy (non-hydrogen) atoms. The maximum Gasteiger partial charge on any atom is 0.527 e. The average Bonchev–Trinajstić information content (AvgIpc) is 3.44. The normalized spacial score (nSPS) is 24.4. The lowest BCUT2D eigenvalue weighted by Crippen LogP contribution is -2.63. The first-order chi connectivity index (χ1) is 27.7. The molecule has 1 saturated carbocycles. The summed E-state index contributed by atoms with van der Waals surface area (Å²) < 4.78 is 79.5. The Hall–Kier alpha value is -3.68. The van der Waals surface area contributed by atoms with Gasteiger partial charge in [-0.05, 0) is 128 Å². The van der Waals surface area contributed by atoms with Gasteiger partial charge in [0.05, 0.1) is 34.9 Å². The number of nitrogens with zero attached hydrogens (tertiary/aromatic N) is 3. The Balaban J connectivity index is 1.34. The van der Waals surface area contributed by atoms with Crippen LogP contribution in [0.3, 0.4) is 0 Å². The van der Waals surface area contributed by atoms with Crippen molar-refractivity contribution >= 4 is 37.0 Å². The number of phosphoric acid groups is 1. The number of aryl methyl sites for hydroxylation is 1. The van der Waals surface area contributed by atoms with E-state index in [0.29, 0.717) is 41.3 Å².